The molecule has 4 nitrogen and oxygen atoms in total. The fraction of sp³-hybridized carbons (Fsp3) is 0.526. The van der Waals surface area contributed by atoms with E-state index in [1.165, 1.54) is 17.7 Å². The van der Waals surface area contributed by atoms with Gasteiger partial charge in [-0.25, -0.2) is 13.5 Å². The number of hydrogen-bond donors (Lipinski definition) is 1. The number of hydrogen-bond acceptors (Lipinski definition) is 3. The third kappa shape index (κ3) is 3.15. The maximum Gasteiger partial charge on any atom is 0.151 e. The van der Waals surface area contributed by atoms with Gasteiger partial charge in [0.15, 0.2) is 5.82 Å². The van der Waals surface area contributed by atoms with Crippen molar-refractivity contribution in [1.82, 2.24) is 14.7 Å². The molecule has 1 saturated heterocycles. The molecule has 2 aliphatic heterocycles. The van der Waals surface area contributed by atoms with E-state index in [1.807, 2.05) is 0 Å². The fourth-order valence-electron chi connectivity index (χ4n) is 4.07. The normalized spacial score (nSPS) is 21.5. The zero-order valence-electron chi connectivity index (χ0n) is 14.6. The summed E-state index contributed by atoms with van der Waals surface area (Å²) in [6.07, 6.45) is 5.42. The molecule has 0 saturated carbocycles. The lowest BCUT2D eigenvalue weighted by atomic mass is 9.91. The monoisotopic (exact) mass is 346 g/mol. The summed E-state index contributed by atoms with van der Waals surface area (Å²) in [6, 6.07) is 3.69. The van der Waals surface area contributed by atoms with Crippen LogP contribution in [0.3, 0.4) is 0 Å². The van der Waals surface area contributed by atoms with Gasteiger partial charge in [0.2, 0.25) is 0 Å². The summed E-state index contributed by atoms with van der Waals surface area (Å²) in [4.78, 5) is 2.34. The molecule has 4 rings (SSSR count). The molecule has 3 heterocycles. The first kappa shape index (κ1) is 16.5. The molecule has 1 fully saturated rings. The quantitative estimate of drug-likeness (QED) is 0.900. The second kappa shape index (κ2) is 6.75. The number of nitrogens with zero attached hydrogens (tertiary/aromatic N) is 3. The van der Waals surface area contributed by atoms with Gasteiger partial charge >= 0.3 is 0 Å². The summed E-state index contributed by atoms with van der Waals surface area (Å²) in [5.41, 5.74) is 2.60. The van der Waals surface area contributed by atoms with Crippen LogP contribution in [0.1, 0.15) is 42.9 Å². The number of aromatic nitrogens is 2. The van der Waals surface area contributed by atoms with Crippen molar-refractivity contribution in [3.8, 4) is 5.69 Å². The lowest BCUT2D eigenvalue weighted by Crippen LogP contribution is -2.31. The number of nitrogens with one attached hydrogen (secondary N) is 1. The van der Waals surface area contributed by atoms with Crippen LogP contribution in [-0.4, -0.2) is 41.4 Å². The molecule has 1 unspecified atom stereocenters. The molecule has 6 heteroatoms. The summed E-state index contributed by atoms with van der Waals surface area (Å²) in [5, 5.41) is 8.25. The van der Waals surface area contributed by atoms with Crippen LogP contribution in [0.25, 0.3) is 5.69 Å². The number of anilines is 1. The Morgan fingerprint density at radius 1 is 1.20 bits per heavy atom. The van der Waals surface area contributed by atoms with Gasteiger partial charge in [-0.3, -0.25) is 0 Å². The average Bonchev–Trinajstić information content (AvgIpc) is 2.77. The maximum atomic E-state index is 14.4. The Labute approximate surface area is 146 Å². The highest BCUT2D eigenvalue weighted by Crippen LogP contribution is 2.35. The molecule has 1 aromatic carbocycles. The molecular weight excluding hydrogens is 322 g/mol. The summed E-state index contributed by atoms with van der Waals surface area (Å²) in [5.74, 6) is 0.105. The van der Waals surface area contributed by atoms with Gasteiger partial charge in [-0.1, -0.05) is 0 Å². The molecule has 25 heavy (non-hydrogen) atoms. The van der Waals surface area contributed by atoms with E-state index in [1.54, 1.807) is 4.68 Å². The molecule has 2 aliphatic rings. The van der Waals surface area contributed by atoms with Crippen molar-refractivity contribution in [3.63, 3.8) is 0 Å². The number of halogens is 2. The Hall–Kier alpha value is -1.95. The zero-order valence-corrected chi connectivity index (χ0v) is 14.6. The van der Waals surface area contributed by atoms with Gasteiger partial charge < -0.3 is 10.2 Å². The van der Waals surface area contributed by atoms with Crippen molar-refractivity contribution in [2.24, 2.45) is 0 Å². The van der Waals surface area contributed by atoms with E-state index in [-0.39, 0.29) is 0 Å². The highest BCUT2D eigenvalue weighted by molar-refractivity contribution is 5.55. The molecule has 1 N–H and O–H groups in total. The number of fused-ring (bicyclic) bond motifs is 1. The van der Waals surface area contributed by atoms with Crippen molar-refractivity contribution >= 4 is 5.82 Å². The Morgan fingerprint density at radius 2 is 2.08 bits per heavy atom. The predicted molar refractivity (Wildman–Crippen MR) is 94.4 cm³/mol. The average molecular weight is 346 g/mol. The van der Waals surface area contributed by atoms with Crippen molar-refractivity contribution in [1.29, 1.82) is 0 Å². The van der Waals surface area contributed by atoms with E-state index in [0.29, 0.717) is 11.6 Å². The Morgan fingerprint density at radius 3 is 2.88 bits per heavy atom. The second-order valence-electron chi connectivity index (χ2n) is 7.21. The summed E-state index contributed by atoms with van der Waals surface area (Å²) < 4.78 is 29.4. The number of likely N-dealkylation sites (N-methyl/N-ethyl adjacent to an activating group) is 1. The molecule has 0 aliphatic carbocycles. The van der Waals surface area contributed by atoms with E-state index in [4.69, 9.17) is 5.10 Å². The van der Waals surface area contributed by atoms with Crippen LogP contribution in [0.4, 0.5) is 14.6 Å². The minimum atomic E-state index is -0.580. The van der Waals surface area contributed by atoms with Crippen molar-refractivity contribution in [2.75, 3.05) is 32.0 Å². The van der Waals surface area contributed by atoms with Crippen LogP contribution in [0.5, 0.6) is 0 Å². The minimum Gasteiger partial charge on any atom is -0.370 e. The van der Waals surface area contributed by atoms with Crippen LogP contribution in [0.15, 0.2) is 18.2 Å². The van der Waals surface area contributed by atoms with Crippen molar-refractivity contribution in [2.45, 2.75) is 38.0 Å². The van der Waals surface area contributed by atoms with E-state index in [0.717, 1.165) is 69.3 Å². The Balaban J connectivity index is 1.81. The fourth-order valence-corrected chi connectivity index (χ4v) is 4.07. The molecule has 0 spiro atoms. The molecule has 0 bridgehead atoms. The van der Waals surface area contributed by atoms with E-state index < -0.39 is 11.6 Å². The van der Waals surface area contributed by atoms with E-state index >= 15 is 0 Å². The smallest absolute Gasteiger partial charge is 0.151 e. The summed E-state index contributed by atoms with van der Waals surface area (Å²) >= 11 is 0. The largest absolute Gasteiger partial charge is 0.370 e. The molecule has 0 amide bonds. The maximum absolute atomic E-state index is 14.4. The molecule has 134 valence electrons. The number of rotatable bonds is 2. The van der Waals surface area contributed by atoms with Crippen LogP contribution in [-0.2, 0) is 6.42 Å². The molecule has 2 aromatic rings. The van der Waals surface area contributed by atoms with Crippen LogP contribution in [0, 0.1) is 11.6 Å². The highest BCUT2D eigenvalue weighted by atomic mass is 19.1. The molecule has 0 radical (unpaired) electrons. The van der Waals surface area contributed by atoms with Gasteiger partial charge in [-0.05, 0) is 57.8 Å². The SMILES string of the molecule is CN1CCCC(c2nn(-c3ccc(F)cc3F)c3c2CCCCN3)C1. The third-order valence-electron chi connectivity index (χ3n) is 5.31. The minimum absolute atomic E-state index is 0.308. The second-order valence-corrected chi connectivity index (χ2v) is 7.21. The van der Waals surface area contributed by atoms with Crippen LogP contribution < -0.4 is 5.32 Å². The van der Waals surface area contributed by atoms with Gasteiger partial charge in [0.25, 0.3) is 0 Å². The van der Waals surface area contributed by atoms with Gasteiger partial charge in [-0.15, -0.1) is 0 Å². The van der Waals surface area contributed by atoms with Crippen molar-refractivity contribution in [3.05, 3.63) is 41.1 Å². The lowest BCUT2D eigenvalue weighted by Gasteiger charge is -2.29. The topological polar surface area (TPSA) is 33.1 Å². The van der Waals surface area contributed by atoms with Gasteiger partial charge in [0.1, 0.15) is 17.3 Å². The molecule has 1 atom stereocenters. The third-order valence-corrected chi connectivity index (χ3v) is 5.31. The van der Waals surface area contributed by atoms with Gasteiger partial charge in [0, 0.05) is 30.6 Å². The summed E-state index contributed by atoms with van der Waals surface area (Å²) in [6.45, 7) is 2.95. The zero-order chi connectivity index (χ0) is 17.4. The highest BCUT2D eigenvalue weighted by Gasteiger charge is 2.29. The van der Waals surface area contributed by atoms with E-state index in [9.17, 15) is 8.78 Å². The van der Waals surface area contributed by atoms with E-state index in [2.05, 4.69) is 17.3 Å². The number of benzene rings is 1. The number of piperidine rings is 1. The first-order chi connectivity index (χ1) is 12.1. The Kier molecular flexibility index (Phi) is 4.46. The molecular formula is C19H24F2N4. The standard InChI is InChI=1S/C19H24F2N4/c1-24-10-4-5-13(12-24)18-15-6-2-3-9-22-19(15)25(23-18)17-8-7-14(20)11-16(17)21/h7-8,11,13,22H,2-6,9-10,12H2,1H3. The van der Waals surface area contributed by atoms with Crippen molar-refractivity contribution < 1.29 is 8.78 Å². The first-order valence-corrected chi connectivity index (χ1v) is 9.13. The first-order valence-electron chi connectivity index (χ1n) is 9.13. The van der Waals surface area contributed by atoms with Crippen LogP contribution in [0.2, 0.25) is 0 Å². The van der Waals surface area contributed by atoms with Gasteiger partial charge in [-0.2, -0.15) is 5.10 Å². The lowest BCUT2D eigenvalue weighted by molar-refractivity contribution is 0.247. The molecule has 1 aromatic heterocycles. The number of likely N-dealkylation sites (tertiary alicyclic amines) is 1. The van der Waals surface area contributed by atoms with Gasteiger partial charge in [0.05, 0.1) is 5.69 Å². The summed E-state index contributed by atoms with van der Waals surface area (Å²) in [7, 11) is 2.14. The van der Waals surface area contributed by atoms with Crippen LogP contribution >= 0.6 is 0 Å². The Bertz CT molecular complexity index is 771. The predicted octanol–water partition coefficient (Wildman–Crippen LogP) is 3.71.